The van der Waals surface area contributed by atoms with Crippen molar-refractivity contribution in [2.45, 2.75) is 19.4 Å². The fourth-order valence-electron chi connectivity index (χ4n) is 3.09. The number of piperazine rings is 1. The van der Waals surface area contributed by atoms with Gasteiger partial charge >= 0.3 is 0 Å². The molecule has 0 spiro atoms. The van der Waals surface area contributed by atoms with Gasteiger partial charge in [0.05, 0.1) is 19.6 Å². The van der Waals surface area contributed by atoms with Gasteiger partial charge in [0.2, 0.25) is 11.8 Å². The van der Waals surface area contributed by atoms with E-state index >= 15 is 0 Å². The second-order valence-electron chi connectivity index (χ2n) is 6.13. The zero-order valence-electron chi connectivity index (χ0n) is 14.4. The van der Waals surface area contributed by atoms with Crippen LogP contribution in [0.3, 0.4) is 0 Å². The van der Waals surface area contributed by atoms with Crippen molar-refractivity contribution in [2.75, 3.05) is 25.1 Å². The van der Waals surface area contributed by atoms with Crippen LogP contribution in [0.15, 0.2) is 48.8 Å². The lowest BCUT2D eigenvalue weighted by atomic mass is 10.1. The molecule has 3 rings (SSSR count). The minimum Gasteiger partial charge on any atom is -0.497 e. The number of pyridine rings is 1. The average molecular weight is 339 g/mol. The van der Waals surface area contributed by atoms with Gasteiger partial charge in [0.15, 0.2) is 0 Å². The van der Waals surface area contributed by atoms with Crippen LogP contribution in [0.5, 0.6) is 5.75 Å². The van der Waals surface area contributed by atoms with Gasteiger partial charge in [-0.15, -0.1) is 0 Å². The van der Waals surface area contributed by atoms with E-state index < -0.39 is 0 Å². The molecular weight excluding hydrogens is 318 g/mol. The molecule has 1 fully saturated rings. The van der Waals surface area contributed by atoms with Gasteiger partial charge in [0, 0.05) is 30.7 Å². The zero-order chi connectivity index (χ0) is 17.8. The van der Waals surface area contributed by atoms with Crippen molar-refractivity contribution >= 4 is 17.5 Å². The number of amides is 2. The second-order valence-corrected chi connectivity index (χ2v) is 6.13. The number of ether oxygens (including phenoxy) is 1. The number of rotatable bonds is 4. The van der Waals surface area contributed by atoms with Crippen LogP contribution in [-0.2, 0) is 16.0 Å². The third-order valence-electron chi connectivity index (χ3n) is 4.28. The molecule has 1 aliphatic rings. The van der Waals surface area contributed by atoms with Gasteiger partial charge in [0.1, 0.15) is 12.3 Å². The van der Waals surface area contributed by atoms with Gasteiger partial charge in [-0.2, -0.15) is 0 Å². The summed E-state index contributed by atoms with van der Waals surface area (Å²) in [4.78, 5) is 32.5. The SMILES string of the molecule is COc1cccc(N2C(=O)CN(C(=O)Cc3cccnc3)CC2C)c1. The Labute approximate surface area is 147 Å². The van der Waals surface area contributed by atoms with Crippen LogP contribution in [0.2, 0.25) is 0 Å². The lowest BCUT2D eigenvalue weighted by Crippen LogP contribution is -2.57. The minimum atomic E-state index is -0.105. The number of hydrogen-bond acceptors (Lipinski definition) is 4. The van der Waals surface area contributed by atoms with Gasteiger partial charge in [0.25, 0.3) is 0 Å². The van der Waals surface area contributed by atoms with E-state index in [0.29, 0.717) is 12.3 Å². The number of nitrogens with zero attached hydrogens (tertiary/aromatic N) is 3. The van der Waals surface area contributed by atoms with Crippen LogP contribution in [0.4, 0.5) is 5.69 Å². The lowest BCUT2D eigenvalue weighted by molar-refractivity contribution is -0.137. The molecule has 1 aromatic carbocycles. The molecule has 0 radical (unpaired) electrons. The summed E-state index contributed by atoms with van der Waals surface area (Å²) in [5.41, 5.74) is 1.64. The molecule has 2 amide bonds. The molecule has 0 bridgehead atoms. The zero-order valence-corrected chi connectivity index (χ0v) is 14.4. The molecule has 2 heterocycles. The van der Waals surface area contributed by atoms with Crippen LogP contribution in [0.1, 0.15) is 12.5 Å². The predicted octanol–water partition coefficient (Wildman–Crippen LogP) is 1.90. The smallest absolute Gasteiger partial charge is 0.246 e. The number of anilines is 1. The van der Waals surface area contributed by atoms with Crippen molar-refractivity contribution < 1.29 is 14.3 Å². The van der Waals surface area contributed by atoms with Crippen molar-refractivity contribution in [2.24, 2.45) is 0 Å². The van der Waals surface area contributed by atoms with E-state index in [1.807, 2.05) is 37.3 Å². The standard InChI is InChI=1S/C19H21N3O3/c1-14-12-21(18(23)9-15-5-4-8-20-11-15)13-19(24)22(14)16-6-3-7-17(10-16)25-2/h3-8,10-11,14H,9,12-13H2,1-2H3. The summed E-state index contributed by atoms with van der Waals surface area (Å²) in [5, 5.41) is 0. The Morgan fingerprint density at radius 1 is 1.32 bits per heavy atom. The summed E-state index contributed by atoms with van der Waals surface area (Å²) in [6.07, 6.45) is 3.61. The molecule has 6 heteroatoms. The molecule has 0 aliphatic carbocycles. The third kappa shape index (κ3) is 3.79. The van der Waals surface area contributed by atoms with Crippen LogP contribution < -0.4 is 9.64 Å². The highest BCUT2D eigenvalue weighted by Gasteiger charge is 2.33. The Kier molecular flexibility index (Phi) is 4.97. The highest BCUT2D eigenvalue weighted by Crippen LogP contribution is 2.25. The first kappa shape index (κ1) is 17.0. The van der Waals surface area contributed by atoms with Gasteiger partial charge in [-0.25, -0.2) is 0 Å². The van der Waals surface area contributed by atoms with Gasteiger partial charge in [-0.05, 0) is 30.7 Å². The Balaban J connectivity index is 1.71. The molecule has 0 N–H and O–H groups in total. The monoisotopic (exact) mass is 339 g/mol. The van der Waals surface area contributed by atoms with Crippen LogP contribution in [0.25, 0.3) is 0 Å². The molecule has 2 aromatic rings. The lowest BCUT2D eigenvalue weighted by Gasteiger charge is -2.39. The molecule has 1 unspecified atom stereocenters. The summed E-state index contributed by atoms with van der Waals surface area (Å²) in [7, 11) is 1.60. The molecule has 0 saturated carbocycles. The average Bonchev–Trinajstić information content (AvgIpc) is 2.62. The molecule has 130 valence electrons. The van der Waals surface area contributed by atoms with Crippen LogP contribution in [-0.4, -0.2) is 47.9 Å². The minimum absolute atomic E-state index is 0.0570. The highest BCUT2D eigenvalue weighted by molar-refractivity contribution is 5.98. The fraction of sp³-hybridized carbons (Fsp3) is 0.316. The second kappa shape index (κ2) is 7.34. The first-order valence-corrected chi connectivity index (χ1v) is 8.21. The first-order valence-electron chi connectivity index (χ1n) is 8.21. The van der Waals surface area contributed by atoms with E-state index in [2.05, 4.69) is 4.98 Å². The molecule has 1 aliphatic heterocycles. The Morgan fingerprint density at radius 3 is 2.84 bits per heavy atom. The van der Waals surface area contributed by atoms with E-state index in [-0.39, 0.29) is 30.8 Å². The molecule has 1 atom stereocenters. The maximum Gasteiger partial charge on any atom is 0.246 e. The topological polar surface area (TPSA) is 62.7 Å². The first-order chi connectivity index (χ1) is 12.1. The van der Waals surface area contributed by atoms with Gasteiger partial charge < -0.3 is 14.5 Å². The van der Waals surface area contributed by atoms with E-state index in [0.717, 1.165) is 11.3 Å². The van der Waals surface area contributed by atoms with Crippen molar-refractivity contribution in [3.63, 3.8) is 0 Å². The van der Waals surface area contributed by atoms with Gasteiger partial charge in [-0.1, -0.05) is 12.1 Å². The van der Waals surface area contributed by atoms with E-state index in [9.17, 15) is 9.59 Å². The Bertz CT molecular complexity index is 764. The number of carbonyl (C=O) groups excluding carboxylic acids is 2. The van der Waals surface area contributed by atoms with E-state index in [1.54, 1.807) is 35.4 Å². The highest BCUT2D eigenvalue weighted by atomic mass is 16.5. The number of benzene rings is 1. The molecule has 1 aromatic heterocycles. The summed E-state index contributed by atoms with van der Waals surface area (Å²) in [5.74, 6) is 0.553. The number of hydrogen-bond donors (Lipinski definition) is 0. The largest absolute Gasteiger partial charge is 0.497 e. The quantitative estimate of drug-likeness (QED) is 0.853. The Morgan fingerprint density at radius 2 is 2.16 bits per heavy atom. The molecule has 25 heavy (non-hydrogen) atoms. The van der Waals surface area contributed by atoms with Gasteiger partial charge in [-0.3, -0.25) is 14.6 Å². The van der Waals surface area contributed by atoms with Crippen LogP contribution >= 0.6 is 0 Å². The van der Waals surface area contributed by atoms with Crippen molar-refractivity contribution in [1.82, 2.24) is 9.88 Å². The summed E-state index contributed by atoms with van der Waals surface area (Å²) < 4.78 is 5.23. The third-order valence-corrected chi connectivity index (χ3v) is 4.28. The summed E-state index contributed by atoms with van der Waals surface area (Å²) in [6.45, 7) is 2.53. The van der Waals surface area contributed by atoms with E-state index in [4.69, 9.17) is 4.74 Å². The number of methoxy groups -OCH3 is 1. The Hall–Kier alpha value is -2.89. The normalized spacial score (nSPS) is 17.5. The van der Waals surface area contributed by atoms with E-state index in [1.165, 1.54) is 0 Å². The molecular formula is C19H21N3O3. The number of aromatic nitrogens is 1. The summed E-state index contributed by atoms with van der Waals surface area (Å²) >= 11 is 0. The van der Waals surface area contributed by atoms with Crippen molar-refractivity contribution in [1.29, 1.82) is 0 Å². The maximum absolute atomic E-state index is 12.7. The predicted molar refractivity (Wildman–Crippen MR) is 94.5 cm³/mol. The fourth-order valence-corrected chi connectivity index (χ4v) is 3.09. The van der Waals surface area contributed by atoms with Crippen LogP contribution in [0, 0.1) is 0 Å². The molecule has 6 nitrogen and oxygen atoms in total. The molecule has 1 saturated heterocycles. The van der Waals surface area contributed by atoms with Crippen molar-refractivity contribution in [3.8, 4) is 5.75 Å². The number of carbonyl (C=O) groups is 2. The van der Waals surface area contributed by atoms with Crippen molar-refractivity contribution in [3.05, 3.63) is 54.4 Å². The summed E-state index contributed by atoms with van der Waals surface area (Å²) in [6, 6.07) is 11.0. The maximum atomic E-state index is 12.7.